The van der Waals surface area contributed by atoms with Crippen LogP contribution >= 0.6 is 0 Å². The van der Waals surface area contributed by atoms with E-state index in [9.17, 15) is 18.0 Å². The van der Waals surface area contributed by atoms with E-state index in [-0.39, 0.29) is 30.2 Å². The standard InChI is InChI=1S/C27H24F3N3O2/c1-2-10-35-25-13-24-23(12-20(25)27(28,29)30)33-26(34)14-22(32-24)18-5-3-4-17(11-18)19-8-9-21(31-15-19)16-6-7-16/h3-5,8-9,11-13,15-16H,2,6-7,10,14H2,1H3,(H,33,34). The van der Waals surface area contributed by atoms with E-state index >= 15 is 0 Å². The van der Waals surface area contributed by atoms with Crippen LogP contribution in [-0.4, -0.2) is 23.2 Å². The number of nitrogens with one attached hydrogen (secondary N) is 1. The molecule has 8 heteroatoms. The van der Waals surface area contributed by atoms with Crippen molar-refractivity contribution in [3.05, 3.63) is 71.5 Å². The minimum absolute atomic E-state index is 0.0113. The smallest absolute Gasteiger partial charge is 0.420 e. The van der Waals surface area contributed by atoms with Crippen molar-refractivity contribution in [1.82, 2.24) is 4.98 Å². The van der Waals surface area contributed by atoms with Crippen LogP contribution in [0.1, 0.15) is 55.3 Å². The molecule has 1 N–H and O–H groups in total. The Morgan fingerprint density at radius 3 is 2.54 bits per heavy atom. The van der Waals surface area contributed by atoms with Crippen LogP contribution in [0.3, 0.4) is 0 Å². The van der Waals surface area contributed by atoms with E-state index in [1.54, 1.807) is 0 Å². The highest BCUT2D eigenvalue weighted by atomic mass is 19.4. The molecular weight excluding hydrogens is 455 g/mol. The number of halogens is 3. The van der Waals surface area contributed by atoms with Crippen LogP contribution in [0.5, 0.6) is 5.75 Å². The number of hydrogen-bond donors (Lipinski definition) is 1. The van der Waals surface area contributed by atoms with Gasteiger partial charge >= 0.3 is 6.18 Å². The number of carbonyl (C=O) groups is 1. The van der Waals surface area contributed by atoms with E-state index < -0.39 is 17.6 Å². The van der Waals surface area contributed by atoms with Crippen LogP contribution in [0.4, 0.5) is 24.5 Å². The molecule has 0 saturated heterocycles. The number of aromatic nitrogens is 1. The van der Waals surface area contributed by atoms with Gasteiger partial charge in [-0.3, -0.25) is 9.78 Å². The predicted molar refractivity (Wildman–Crippen MR) is 128 cm³/mol. The highest BCUT2D eigenvalue weighted by Crippen LogP contribution is 2.43. The number of benzene rings is 2. The molecule has 5 nitrogen and oxygen atoms in total. The quantitative estimate of drug-likeness (QED) is 0.418. The molecule has 2 aliphatic rings. The van der Waals surface area contributed by atoms with Crippen LogP contribution in [0.25, 0.3) is 11.1 Å². The summed E-state index contributed by atoms with van der Waals surface area (Å²) in [4.78, 5) is 21.8. The summed E-state index contributed by atoms with van der Waals surface area (Å²) in [6.45, 7) is 1.95. The summed E-state index contributed by atoms with van der Waals surface area (Å²) in [6, 6.07) is 13.8. The fourth-order valence-corrected chi connectivity index (χ4v) is 4.09. The van der Waals surface area contributed by atoms with Crippen molar-refractivity contribution in [3.63, 3.8) is 0 Å². The molecule has 2 heterocycles. The second-order valence-electron chi connectivity index (χ2n) is 8.82. The van der Waals surface area contributed by atoms with Gasteiger partial charge in [0.1, 0.15) is 5.75 Å². The van der Waals surface area contributed by atoms with Crippen LogP contribution in [0.15, 0.2) is 59.7 Å². The van der Waals surface area contributed by atoms with Gasteiger partial charge in [-0.25, -0.2) is 4.99 Å². The summed E-state index contributed by atoms with van der Waals surface area (Å²) in [6.07, 6.45) is 0.0763. The highest BCUT2D eigenvalue weighted by molar-refractivity contribution is 6.17. The molecule has 1 aliphatic carbocycles. The Hall–Kier alpha value is -3.68. The minimum Gasteiger partial charge on any atom is -0.493 e. The van der Waals surface area contributed by atoms with Crippen LogP contribution in [-0.2, 0) is 11.0 Å². The summed E-state index contributed by atoms with van der Waals surface area (Å²) in [7, 11) is 0. The van der Waals surface area contributed by atoms with Gasteiger partial charge in [0.25, 0.3) is 0 Å². The van der Waals surface area contributed by atoms with Crippen LogP contribution in [0, 0.1) is 0 Å². The van der Waals surface area contributed by atoms with E-state index in [0.717, 1.165) is 22.9 Å². The first-order valence-corrected chi connectivity index (χ1v) is 11.6. The lowest BCUT2D eigenvalue weighted by Crippen LogP contribution is -2.16. The average molecular weight is 480 g/mol. The van der Waals surface area contributed by atoms with Crippen molar-refractivity contribution in [2.75, 3.05) is 11.9 Å². The number of nitrogens with zero attached hydrogens (tertiary/aromatic N) is 2. The summed E-state index contributed by atoms with van der Waals surface area (Å²) >= 11 is 0. The number of carbonyl (C=O) groups excluding carboxylic acids is 1. The zero-order chi connectivity index (χ0) is 24.6. The summed E-state index contributed by atoms with van der Waals surface area (Å²) in [5.41, 5.74) is 3.45. The Morgan fingerprint density at radius 2 is 1.86 bits per heavy atom. The van der Waals surface area contributed by atoms with Crippen molar-refractivity contribution < 1.29 is 22.7 Å². The maximum Gasteiger partial charge on any atom is 0.420 e. The molecule has 0 atom stereocenters. The van der Waals surface area contributed by atoms with Gasteiger partial charge in [0.2, 0.25) is 5.91 Å². The molecule has 0 radical (unpaired) electrons. The number of rotatable bonds is 6. The summed E-state index contributed by atoms with van der Waals surface area (Å²) < 4.78 is 46.3. The SMILES string of the molecule is CCCOc1cc2c(cc1C(F)(F)F)NC(=O)CC(c1cccc(-c3ccc(C4CC4)nc3)c1)=N2. The molecule has 0 bridgehead atoms. The topological polar surface area (TPSA) is 63.6 Å². The van der Waals surface area contributed by atoms with Gasteiger partial charge in [-0.05, 0) is 48.6 Å². The maximum atomic E-state index is 13.6. The number of aliphatic imine (C=N–C) groups is 1. The van der Waals surface area contributed by atoms with Crippen molar-refractivity contribution in [3.8, 4) is 16.9 Å². The number of hydrogen-bond acceptors (Lipinski definition) is 4. The number of alkyl halides is 3. The summed E-state index contributed by atoms with van der Waals surface area (Å²) in [5.74, 6) is -0.162. The first-order valence-electron chi connectivity index (χ1n) is 11.6. The molecule has 35 heavy (non-hydrogen) atoms. The molecule has 1 aliphatic heterocycles. The fourth-order valence-electron chi connectivity index (χ4n) is 4.09. The average Bonchev–Trinajstić information content (AvgIpc) is 3.69. The second-order valence-corrected chi connectivity index (χ2v) is 8.82. The zero-order valence-electron chi connectivity index (χ0n) is 19.2. The van der Waals surface area contributed by atoms with Crippen LogP contribution < -0.4 is 10.1 Å². The molecule has 1 aromatic heterocycles. The molecule has 0 unspecified atom stereocenters. The van der Waals surface area contributed by atoms with Gasteiger partial charge in [-0.2, -0.15) is 13.2 Å². The lowest BCUT2D eigenvalue weighted by Gasteiger charge is -2.16. The third-order valence-corrected chi connectivity index (χ3v) is 6.03. The molecule has 3 aromatic rings. The normalized spacial score (nSPS) is 15.7. The van der Waals surface area contributed by atoms with Gasteiger partial charge in [-0.15, -0.1) is 0 Å². The Morgan fingerprint density at radius 1 is 1.06 bits per heavy atom. The monoisotopic (exact) mass is 479 g/mol. The molecule has 180 valence electrons. The van der Waals surface area contributed by atoms with Crippen molar-refractivity contribution in [2.24, 2.45) is 4.99 Å². The maximum absolute atomic E-state index is 13.6. The Balaban J connectivity index is 1.53. The molecule has 1 fully saturated rings. The number of fused-ring (bicyclic) bond motifs is 1. The third-order valence-electron chi connectivity index (χ3n) is 6.03. The number of anilines is 1. The summed E-state index contributed by atoms with van der Waals surface area (Å²) in [5, 5.41) is 2.57. The molecule has 1 amide bonds. The molecule has 5 rings (SSSR count). The van der Waals surface area contributed by atoms with E-state index in [4.69, 9.17) is 4.74 Å². The minimum atomic E-state index is -4.63. The van der Waals surface area contributed by atoms with E-state index in [2.05, 4.69) is 15.3 Å². The number of amides is 1. The Kier molecular flexibility index (Phi) is 6.05. The lowest BCUT2D eigenvalue weighted by molar-refractivity contribution is -0.139. The fraction of sp³-hybridized carbons (Fsp3) is 0.296. The number of pyridine rings is 1. The van der Waals surface area contributed by atoms with E-state index in [1.807, 2.05) is 49.5 Å². The second kappa shape index (κ2) is 9.17. The highest BCUT2D eigenvalue weighted by Gasteiger charge is 2.36. The van der Waals surface area contributed by atoms with Crippen molar-refractivity contribution in [2.45, 2.75) is 44.7 Å². The first kappa shape index (κ1) is 23.1. The lowest BCUT2D eigenvalue weighted by atomic mass is 10.00. The number of ether oxygens (including phenoxy) is 1. The largest absolute Gasteiger partial charge is 0.493 e. The van der Waals surface area contributed by atoms with Crippen LogP contribution in [0.2, 0.25) is 0 Å². The van der Waals surface area contributed by atoms with Gasteiger partial charge in [0.15, 0.2) is 0 Å². The molecule has 1 saturated carbocycles. The van der Waals surface area contributed by atoms with Gasteiger partial charge in [0, 0.05) is 29.4 Å². The zero-order valence-corrected chi connectivity index (χ0v) is 19.2. The van der Waals surface area contributed by atoms with Gasteiger partial charge in [-0.1, -0.05) is 31.2 Å². The Bertz CT molecular complexity index is 1300. The molecule has 2 aromatic carbocycles. The molecular formula is C27H24F3N3O2. The van der Waals surface area contributed by atoms with Gasteiger partial charge in [0.05, 0.1) is 35.7 Å². The first-order chi connectivity index (χ1) is 16.8. The van der Waals surface area contributed by atoms with Crippen molar-refractivity contribution in [1.29, 1.82) is 0 Å². The van der Waals surface area contributed by atoms with Gasteiger partial charge < -0.3 is 10.1 Å². The van der Waals surface area contributed by atoms with E-state index in [1.165, 1.54) is 18.9 Å². The van der Waals surface area contributed by atoms with E-state index in [0.29, 0.717) is 23.6 Å². The molecule has 0 spiro atoms. The van der Waals surface area contributed by atoms with Crippen molar-refractivity contribution >= 4 is 23.0 Å². The Labute approximate surface area is 201 Å². The predicted octanol–water partition coefficient (Wildman–Crippen LogP) is 6.90. The third kappa shape index (κ3) is 5.06.